The lowest BCUT2D eigenvalue weighted by Crippen LogP contribution is -2.11. The van der Waals surface area contributed by atoms with E-state index in [9.17, 15) is 0 Å². The molecule has 0 aliphatic heterocycles. The molecule has 0 radical (unpaired) electrons. The maximum atomic E-state index is 5.15. The van der Waals surface area contributed by atoms with E-state index in [-0.39, 0.29) is 0 Å². The summed E-state index contributed by atoms with van der Waals surface area (Å²) in [7, 11) is 1.92. The van der Waals surface area contributed by atoms with Gasteiger partial charge in [0.15, 0.2) is 5.82 Å². The molecule has 0 atom stereocenters. The number of hydrogen-bond donors (Lipinski definition) is 1. The van der Waals surface area contributed by atoms with Crippen molar-refractivity contribution in [3.05, 3.63) is 11.7 Å². The number of unbranched alkanes of at least 4 members (excludes halogenated alkanes) is 3. The highest BCUT2D eigenvalue weighted by Crippen LogP contribution is 2.06. The van der Waals surface area contributed by atoms with E-state index in [2.05, 4.69) is 22.4 Å². The molecule has 0 saturated heterocycles. The van der Waals surface area contributed by atoms with Crippen LogP contribution in [0.3, 0.4) is 0 Å². The first-order valence-corrected chi connectivity index (χ1v) is 5.83. The third-order valence-corrected chi connectivity index (χ3v) is 2.35. The summed E-state index contributed by atoms with van der Waals surface area (Å²) < 4.78 is 5.15. The predicted molar refractivity (Wildman–Crippen MR) is 59.8 cm³/mol. The van der Waals surface area contributed by atoms with Gasteiger partial charge in [-0.05, 0) is 13.5 Å². The van der Waals surface area contributed by atoms with Crippen molar-refractivity contribution in [1.29, 1.82) is 0 Å². The topological polar surface area (TPSA) is 51.0 Å². The van der Waals surface area contributed by atoms with Gasteiger partial charge in [-0.25, -0.2) is 0 Å². The molecule has 1 N–H and O–H groups in total. The Morgan fingerprint density at radius 1 is 1.20 bits per heavy atom. The Labute approximate surface area is 91.5 Å². The first-order chi connectivity index (χ1) is 7.36. The Balaban J connectivity index is 2.20. The molecule has 0 fully saturated rings. The van der Waals surface area contributed by atoms with Gasteiger partial charge in [0.25, 0.3) is 0 Å². The van der Waals surface area contributed by atoms with E-state index in [0.29, 0.717) is 0 Å². The largest absolute Gasteiger partial charge is 0.339 e. The lowest BCUT2D eigenvalue weighted by molar-refractivity contribution is 0.368. The van der Waals surface area contributed by atoms with E-state index in [4.69, 9.17) is 4.52 Å². The van der Waals surface area contributed by atoms with Crippen LogP contribution in [0.1, 0.15) is 44.3 Å². The van der Waals surface area contributed by atoms with Crippen molar-refractivity contribution in [2.45, 2.75) is 45.4 Å². The average molecular weight is 211 g/mol. The number of nitrogens with zero attached hydrogens (tertiary/aromatic N) is 2. The van der Waals surface area contributed by atoms with Crippen molar-refractivity contribution >= 4 is 0 Å². The van der Waals surface area contributed by atoms with Crippen LogP contribution >= 0.6 is 0 Å². The minimum Gasteiger partial charge on any atom is -0.339 e. The number of rotatable bonds is 8. The van der Waals surface area contributed by atoms with Crippen LogP contribution < -0.4 is 5.32 Å². The quantitative estimate of drug-likeness (QED) is 0.668. The molecule has 1 heterocycles. The molecular weight excluding hydrogens is 190 g/mol. The van der Waals surface area contributed by atoms with E-state index >= 15 is 0 Å². The number of likely N-dealkylation sites (N-methyl/N-ethyl adjacent to an activating group) is 1. The van der Waals surface area contributed by atoms with Crippen molar-refractivity contribution in [2.75, 3.05) is 13.6 Å². The zero-order valence-electron chi connectivity index (χ0n) is 9.75. The van der Waals surface area contributed by atoms with Crippen LogP contribution in [-0.4, -0.2) is 23.7 Å². The van der Waals surface area contributed by atoms with Crippen LogP contribution in [0.2, 0.25) is 0 Å². The van der Waals surface area contributed by atoms with Crippen LogP contribution in [0.4, 0.5) is 0 Å². The van der Waals surface area contributed by atoms with Crippen LogP contribution in [0.15, 0.2) is 4.52 Å². The first kappa shape index (κ1) is 12.2. The molecule has 0 unspecified atom stereocenters. The van der Waals surface area contributed by atoms with Gasteiger partial charge in [-0.1, -0.05) is 31.3 Å². The normalized spacial score (nSPS) is 10.8. The van der Waals surface area contributed by atoms with Gasteiger partial charge >= 0.3 is 0 Å². The summed E-state index contributed by atoms with van der Waals surface area (Å²) >= 11 is 0. The van der Waals surface area contributed by atoms with E-state index in [1.165, 1.54) is 19.3 Å². The Bertz CT molecular complexity index is 260. The fourth-order valence-electron chi connectivity index (χ4n) is 1.43. The Morgan fingerprint density at radius 2 is 2.07 bits per heavy atom. The van der Waals surface area contributed by atoms with Crippen LogP contribution in [0, 0.1) is 0 Å². The smallest absolute Gasteiger partial charge is 0.226 e. The van der Waals surface area contributed by atoms with E-state index in [1.807, 2.05) is 7.05 Å². The van der Waals surface area contributed by atoms with E-state index < -0.39 is 0 Å². The van der Waals surface area contributed by atoms with Gasteiger partial charge in [-0.3, -0.25) is 0 Å². The van der Waals surface area contributed by atoms with E-state index in [1.54, 1.807) is 0 Å². The van der Waals surface area contributed by atoms with Crippen LogP contribution in [0.5, 0.6) is 0 Å². The second-order valence-electron chi connectivity index (χ2n) is 3.77. The third kappa shape index (κ3) is 4.93. The molecule has 1 aromatic heterocycles. The molecule has 0 bridgehead atoms. The lowest BCUT2D eigenvalue weighted by atomic mass is 10.1. The SMILES string of the molecule is CCCCCCc1nc(CCNC)no1. The first-order valence-electron chi connectivity index (χ1n) is 5.83. The Kier molecular flexibility index (Phi) is 6.00. The molecule has 1 rings (SSSR count). The molecule has 4 heteroatoms. The Morgan fingerprint density at radius 3 is 2.80 bits per heavy atom. The maximum Gasteiger partial charge on any atom is 0.226 e. The highest BCUT2D eigenvalue weighted by Gasteiger charge is 2.04. The molecule has 0 amide bonds. The standard InChI is InChI=1S/C11H21N3O/c1-3-4-5-6-7-11-13-10(14-15-11)8-9-12-2/h12H,3-9H2,1-2H3. The molecule has 4 nitrogen and oxygen atoms in total. The van der Waals surface area contributed by atoms with Gasteiger partial charge < -0.3 is 9.84 Å². The lowest BCUT2D eigenvalue weighted by Gasteiger charge is -1.94. The van der Waals surface area contributed by atoms with Crippen molar-refractivity contribution < 1.29 is 4.52 Å². The van der Waals surface area contributed by atoms with Crippen molar-refractivity contribution in [3.63, 3.8) is 0 Å². The molecule has 0 aromatic carbocycles. The summed E-state index contributed by atoms with van der Waals surface area (Å²) in [6.45, 7) is 3.11. The summed E-state index contributed by atoms with van der Waals surface area (Å²) in [6.07, 6.45) is 6.73. The van der Waals surface area contributed by atoms with Crippen LogP contribution in [0.25, 0.3) is 0 Å². The molecular formula is C11H21N3O. The summed E-state index contributed by atoms with van der Waals surface area (Å²) in [5.74, 6) is 1.60. The van der Waals surface area contributed by atoms with Crippen molar-refractivity contribution in [3.8, 4) is 0 Å². The molecule has 0 saturated carbocycles. The van der Waals surface area contributed by atoms with Gasteiger partial charge in [-0.2, -0.15) is 4.98 Å². The maximum absolute atomic E-state index is 5.15. The van der Waals surface area contributed by atoms with E-state index in [0.717, 1.165) is 37.5 Å². The fourth-order valence-corrected chi connectivity index (χ4v) is 1.43. The number of aromatic nitrogens is 2. The highest BCUT2D eigenvalue weighted by molar-refractivity contribution is 4.87. The minimum absolute atomic E-state index is 0.789. The number of aryl methyl sites for hydroxylation is 1. The predicted octanol–water partition coefficient (Wildman–Crippen LogP) is 1.95. The second kappa shape index (κ2) is 7.40. The summed E-state index contributed by atoms with van der Waals surface area (Å²) in [5, 5.41) is 6.99. The van der Waals surface area contributed by atoms with Gasteiger partial charge in [0.1, 0.15) is 0 Å². The third-order valence-electron chi connectivity index (χ3n) is 2.35. The zero-order valence-corrected chi connectivity index (χ0v) is 9.75. The highest BCUT2D eigenvalue weighted by atomic mass is 16.5. The van der Waals surface area contributed by atoms with Gasteiger partial charge in [0.2, 0.25) is 5.89 Å². The molecule has 1 aromatic rings. The average Bonchev–Trinajstić information content (AvgIpc) is 2.69. The zero-order chi connectivity index (χ0) is 10.9. The summed E-state index contributed by atoms with van der Waals surface area (Å²) in [4.78, 5) is 4.33. The summed E-state index contributed by atoms with van der Waals surface area (Å²) in [6, 6.07) is 0. The van der Waals surface area contributed by atoms with Gasteiger partial charge in [0, 0.05) is 19.4 Å². The molecule has 0 spiro atoms. The molecule has 0 aliphatic carbocycles. The minimum atomic E-state index is 0.789. The molecule has 86 valence electrons. The van der Waals surface area contributed by atoms with Crippen LogP contribution in [-0.2, 0) is 12.8 Å². The van der Waals surface area contributed by atoms with Gasteiger partial charge in [0.05, 0.1) is 0 Å². The number of nitrogens with one attached hydrogen (secondary N) is 1. The second-order valence-corrected chi connectivity index (χ2v) is 3.77. The monoisotopic (exact) mass is 211 g/mol. The fraction of sp³-hybridized carbons (Fsp3) is 0.818. The summed E-state index contributed by atoms with van der Waals surface area (Å²) in [5.41, 5.74) is 0. The van der Waals surface area contributed by atoms with Gasteiger partial charge in [-0.15, -0.1) is 0 Å². The van der Waals surface area contributed by atoms with Crippen molar-refractivity contribution in [1.82, 2.24) is 15.5 Å². The molecule has 15 heavy (non-hydrogen) atoms. The number of hydrogen-bond acceptors (Lipinski definition) is 4. The van der Waals surface area contributed by atoms with Crippen molar-refractivity contribution in [2.24, 2.45) is 0 Å². The molecule has 0 aliphatic rings. The Hall–Kier alpha value is -0.900.